The van der Waals surface area contributed by atoms with E-state index in [2.05, 4.69) is 0 Å². The van der Waals surface area contributed by atoms with Crippen LogP contribution in [-0.4, -0.2) is 5.11 Å². The van der Waals surface area contributed by atoms with Crippen LogP contribution < -0.4 is 0 Å². The molecule has 0 spiro atoms. The summed E-state index contributed by atoms with van der Waals surface area (Å²) in [5.41, 5.74) is 0.172. The van der Waals surface area contributed by atoms with Gasteiger partial charge in [-0.05, 0) is 49.7 Å². The van der Waals surface area contributed by atoms with Gasteiger partial charge < -0.3 is 9.52 Å². The van der Waals surface area contributed by atoms with Crippen LogP contribution in [0.5, 0.6) is 0 Å². The van der Waals surface area contributed by atoms with Crippen molar-refractivity contribution in [1.82, 2.24) is 0 Å². The van der Waals surface area contributed by atoms with E-state index in [0.717, 1.165) is 29.1 Å². The Hall–Kier alpha value is -2.20. The third-order valence-corrected chi connectivity index (χ3v) is 3.58. The van der Waals surface area contributed by atoms with E-state index in [1.54, 1.807) is 12.1 Å². The van der Waals surface area contributed by atoms with Crippen molar-refractivity contribution in [3.63, 3.8) is 0 Å². The number of benzene rings is 2. The molecular weight excluding hydrogens is 274 g/mol. The monoisotopic (exact) mass is 288 g/mol. The fourth-order valence-corrected chi connectivity index (χ4v) is 2.38. The first-order chi connectivity index (χ1) is 9.86. The Morgan fingerprint density at radius 2 is 1.67 bits per heavy atom. The van der Waals surface area contributed by atoms with Gasteiger partial charge in [-0.1, -0.05) is 11.6 Å². The predicted molar refractivity (Wildman–Crippen MR) is 76.0 cm³/mol. The largest absolute Gasteiger partial charge is 0.458 e. The van der Waals surface area contributed by atoms with Crippen LogP contribution in [-0.2, 0) is 5.60 Å². The molecule has 0 fully saturated rings. The molecule has 108 valence electrons. The van der Waals surface area contributed by atoms with Crippen molar-refractivity contribution < 1.29 is 18.3 Å². The van der Waals surface area contributed by atoms with Crippen molar-refractivity contribution in [2.24, 2.45) is 0 Å². The molecule has 0 saturated carbocycles. The molecule has 21 heavy (non-hydrogen) atoms. The van der Waals surface area contributed by atoms with Gasteiger partial charge in [-0.3, -0.25) is 0 Å². The lowest BCUT2D eigenvalue weighted by Crippen LogP contribution is -2.22. The summed E-state index contributed by atoms with van der Waals surface area (Å²) in [6.45, 7) is 3.40. The number of rotatable bonds is 2. The molecule has 3 aromatic rings. The van der Waals surface area contributed by atoms with Gasteiger partial charge in [0.1, 0.15) is 28.6 Å². The Kier molecular flexibility index (Phi) is 3.06. The third-order valence-electron chi connectivity index (χ3n) is 3.58. The standard InChI is InChI=1S/C17H14F2O2/c1-10-3-4-15-11(5-10)6-16(21-15)17(2,20)12-7-13(18)9-14(19)8-12/h3-9,20H,1-2H3. The van der Waals surface area contributed by atoms with Crippen molar-refractivity contribution in [1.29, 1.82) is 0 Å². The number of fused-ring (bicyclic) bond motifs is 1. The lowest BCUT2D eigenvalue weighted by Gasteiger charge is -2.21. The number of aliphatic hydroxyl groups is 1. The van der Waals surface area contributed by atoms with Crippen molar-refractivity contribution in [2.45, 2.75) is 19.4 Å². The third kappa shape index (κ3) is 2.43. The summed E-state index contributed by atoms with van der Waals surface area (Å²) in [7, 11) is 0. The maximum Gasteiger partial charge on any atom is 0.144 e. The minimum absolute atomic E-state index is 0.107. The zero-order valence-electron chi connectivity index (χ0n) is 11.7. The first-order valence-corrected chi connectivity index (χ1v) is 6.56. The van der Waals surface area contributed by atoms with Crippen LogP contribution in [0, 0.1) is 18.6 Å². The van der Waals surface area contributed by atoms with E-state index in [1.165, 1.54) is 6.92 Å². The molecule has 1 heterocycles. The molecule has 0 amide bonds. The summed E-state index contributed by atoms with van der Waals surface area (Å²) < 4.78 is 32.3. The van der Waals surface area contributed by atoms with Gasteiger partial charge in [-0.2, -0.15) is 0 Å². The Bertz CT molecular complexity index is 799. The summed E-state index contributed by atoms with van der Waals surface area (Å²) in [5.74, 6) is -1.23. The molecule has 0 aliphatic heterocycles. The van der Waals surface area contributed by atoms with Gasteiger partial charge in [-0.25, -0.2) is 8.78 Å². The van der Waals surface area contributed by atoms with Gasteiger partial charge in [0.25, 0.3) is 0 Å². The molecule has 0 saturated heterocycles. The minimum atomic E-state index is -1.62. The molecule has 1 aromatic heterocycles. The highest BCUT2D eigenvalue weighted by atomic mass is 19.1. The average molecular weight is 288 g/mol. The summed E-state index contributed by atoms with van der Waals surface area (Å²) in [5, 5.41) is 11.5. The topological polar surface area (TPSA) is 33.4 Å². The Balaban J connectivity index is 2.14. The molecule has 2 aromatic carbocycles. The summed E-state index contributed by atoms with van der Waals surface area (Å²) >= 11 is 0. The molecule has 0 aliphatic carbocycles. The second-order valence-corrected chi connectivity index (χ2v) is 5.38. The summed E-state index contributed by atoms with van der Waals surface area (Å²) in [4.78, 5) is 0. The van der Waals surface area contributed by atoms with Crippen LogP contribution in [0.4, 0.5) is 8.78 Å². The van der Waals surface area contributed by atoms with Crippen LogP contribution in [0.2, 0.25) is 0 Å². The highest BCUT2D eigenvalue weighted by Crippen LogP contribution is 2.34. The van der Waals surface area contributed by atoms with Gasteiger partial charge in [0.2, 0.25) is 0 Å². The second-order valence-electron chi connectivity index (χ2n) is 5.38. The van der Waals surface area contributed by atoms with E-state index >= 15 is 0 Å². The van der Waals surface area contributed by atoms with Gasteiger partial charge in [-0.15, -0.1) is 0 Å². The molecule has 0 aliphatic rings. The zero-order valence-corrected chi connectivity index (χ0v) is 11.7. The Morgan fingerprint density at radius 1 is 1.00 bits per heavy atom. The summed E-state index contributed by atoms with van der Waals surface area (Å²) in [6, 6.07) is 10.3. The highest BCUT2D eigenvalue weighted by molar-refractivity contribution is 5.79. The molecule has 0 radical (unpaired) electrons. The zero-order chi connectivity index (χ0) is 15.2. The fourth-order valence-electron chi connectivity index (χ4n) is 2.38. The number of aryl methyl sites for hydroxylation is 1. The first kappa shape index (κ1) is 13.8. The molecule has 1 unspecified atom stereocenters. The van der Waals surface area contributed by atoms with E-state index in [4.69, 9.17) is 4.42 Å². The first-order valence-electron chi connectivity index (χ1n) is 6.56. The van der Waals surface area contributed by atoms with Gasteiger partial charge in [0.15, 0.2) is 0 Å². The Morgan fingerprint density at radius 3 is 2.33 bits per heavy atom. The average Bonchev–Trinajstić information content (AvgIpc) is 2.81. The molecular formula is C17H14F2O2. The van der Waals surface area contributed by atoms with E-state index in [-0.39, 0.29) is 11.3 Å². The van der Waals surface area contributed by atoms with Crippen LogP contribution in [0.15, 0.2) is 46.9 Å². The van der Waals surface area contributed by atoms with Crippen LogP contribution >= 0.6 is 0 Å². The van der Waals surface area contributed by atoms with Crippen LogP contribution in [0.25, 0.3) is 11.0 Å². The maximum atomic E-state index is 13.3. The number of hydrogen-bond donors (Lipinski definition) is 1. The van der Waals surface area contributed by atoms with Crippen molar-refractivity contribution in [2.75, 3.05) is 0 Å². The molecule has 2 nitrogen and oxygen atoms in total. The SMILES string of the molecule is Cc1ccc2oc(C(C)(O)c3cc(F)cc(F)c3)cc2c1. The number of halogens is 2. The second kappa shape index (κ2) is 4.67. The van der Waals surface area contributed by atoms with Crippen LogP contribution in [0.1, 0.15) is 23.8 Å². The number of furan rings is 1. The van der Waals surface area contributed by atoms with Gasteiger partial charge in [0.05, 0.1) is 0 Å². The summed E-state index contributed by atoms with van der Waals surface area (Å²) in [6.07, 6.45) is 0. The minimum Gasteiger partial charge on any atom is -0.458 e. The number of hydrogen-bond acceptors (Lipinski definition) is 2. The molecule has 4 heteroatoms. The highest BCUT2D eigenvalue weighted by Gasteiger charge is 2.30. The maximum absolute atomic E-state index is 13.3. The lowest BCUT2D eigenvalue weighted by molar-refractivity contribution is 0.0779. The quantitative estimate of drug-likeness (QED) is 0.763. The van der Waals surface area contributed by atoms with Crippen molar-refractivity contribution in [3.05, 3.63) is 71.0 Å². The normalized spacial score (nSPS) is 14.3. The molecule has 3 rings (SSSR count). The fraction of sp³-hybridized carbons (Fsp3) is 0.176. The lowest BCUT2D eigenvalue weighted by atomic mass is 9.93. The molecule has 1 N–H and O–H groups in total. The predicted octanol–water partition coefficient (Wildman–Crippen LogP) is 4.28. The van der Waals surface area contributed by atoms with Crippen molar-refractivity contribution >= 4 is 11.0 Å². The van der Waals surface area contributed by atoms with E-state index < -0.39 is 17.2 Å². The Labute approximate surface area is 120 Å². The smallest absolute Gasteiger partial charge is 0.144 e. The van der Waals surface area contributed by atoms with E-state index in [1.807, 2.05) is 19.1 Å². The van der Waals surface area contributed by atoms with Crippen LogP contribution in [0.3, 0.4) is 0 Å². The van der Waals surface area contributed by atoms with Crippen molar-refractivity contribution in [3.8, 4) is 0 Å². The molecule has 1 atom stereocenters. The van der Waals surface area contributed by atoms with E-state index in [9.17, 15) is 13.9 Å². The van der Waals surface area contributed by atoms with E-state index in [0.29, 0.717) is 5.58 Å². The van der Waals surface area contributed by atoms with Gasteiger partial charge in [0, 0.05) is 11.5 Å². The van der Waals surface area contributed by atoms with Gasteiger partial charge >= 0.3 is 0 Å². The molecule has 0 bridgehead atoms.